The first-order chi connectivity index (χ1) is 13.9. The summed E-state index contributed by atoms with van der Waals surface area (Å²) >= 11 is 5.73. The van der Waals surface area contributed by atoms with Crippen molar-refractivity contribution in [2.24, 2.45) is 0 Å². The minimum atomic E-state index is -3.72. The van der Waals surface area contributed by atoms with E-state index < -0.39 is 15.8 Å². The van der Waals surface area contributed by atoms with Gasteiger partial charge in [-0.1, -0.05) is 35.0 Å². The molecule has 0 N–H and O–H groups in total. The molecule has 152 valence electrons. The van der Waals surface area contributed by atoms with Crippen molar-refractivity contribution in [2.45, 2.75) is 11.4 Å². The molecule has 1 fully saturated rings. The summed E-state index contributed by atoms with van der Waals surface area (Å²) in [6.07, 6.45) is 0. The quantitative estimate of drug-likeness (QED) is 0.611. The van der Waals surface area contributed by atoms with Crippen LogP contribution in [0.5, 0.6) is 0 Å². The van der Waals surface area contributed by atoms with Crippen molar-refractivity contribution < 1.29 is 17.3 Å². The molecule has 29 heavy (non-hydrogen) atoms. The molecule has 0 atom stereocenters. The van der Waals surface area contributed by atoms with Crippen LogP contribution < -0.4 is 0 Å². The van der Waals surface area contributed by atoms with Crippen molar-refractivity contribution in [3.8, 4) is 11.5 Å². The molecule has 0 bridgehead atoms. The number of nitrogens with zero attached hydrogens (tertiary/aromatic N) is 4. The lowest BCUT2D eigenvalue weighted by Gasteiger charge is -2.33. The summed E-state index contributed by atoms with van der Waals surface area (Å²) in [6.45, 7) is 2.11. The highest BCUT2D eigenvalue weighted by Crippen LogP contribution is 2.23. The smallest absolute Gasteiger partial charge is 0.257 e. The highest BCUT2D eigenvalue weighted by atomic mass is 35.5. The monoisotopic (exact) mass is 436 g/mol. The van der Waals surface area contributed by atoms with E-state index in [0.717, 1.165) is 17.7 Å². The number of rotatable bonds is 5. The summed E-state index contributed by atoms with van der Waals surface area (Å²) < 4.78 is 45.5. The van der Waals surface area contributed by atoms with E-state index >= 15 is 0 Å². The molecule has 0 unspecified atom stereocenters. The normalized spacial score (nSPS) is 16.2. The van der Waals surface area contributed by atoms with Crippen molar-refractivity contribution in [3.05, 3.63) is 65.2 Å². The van der Waals surface area contributed by atoms with Gasteiger partial charge >= 0.3 is 0 Å². The molecule has 0 spiro atoms. The zero-order chi connectivity index (χ0) is 20.4. The summed E-state index contributed by atoms with van der Waals surface area (Å²) in [5.41, 5.74) is 0.847. The Morgan fingerprint density at radius 2 is 1.79 bits per heavy atom. The van der Waals surface area contributed by atoms with E-state index in [2.05, 4.69) is 15.0 Å². The minimum absolute atomic E-state index is 0.0111. The predicted octanol–water partition coefficient (Wildman–Crippen LogP) is 3.04. The first-order valence-corrected chi connectivity index (χ1v) is 10.8. The lowest BCUT2D eigenvalue weighted by molar-refractivity contribution is 0.176. The van der Waals surface area contributed by atoms with Crippen molar-refractivity contribution in [1.29, 1.82) is 0 Å². The van der Waals surface area contributed by atoms with Crippen LogP contribution in [0.2, 0.25) is 5.02 Å². The van der Waals surface area contributed by atoms with Gasteiger partial charge < -0.3 is 4.52 Å². The average molecular weight is 437 g/mol. The molecule has 0 aliphatic carbocycles. The number of hydrogen-bond acceptors (Lipinski definition) is 6. The molecule has 1 aromatic heterocycles. The molecule has 0 saturated carbocycles. The first-order valence-electron chi connectivity index (χ1n) is 8.99. The molecule has 4 rings (SSSR count). The summed E-state index contributed by atoms with van der Waals surface area (Å²) in [5, 5.41) is 3.80. The highest BCUT2D eigenvalue weighted by Gasteiger charge is 2.29. The van der Waals surface area contributed by atoms with Gasteiger partial charge in [-0.3, -0.25) is 4.90 Å². The van der Waals surface area contributed by atoms with E-state index in [0.29, 0.717) is 44.4 Å². The lowest BCUT2D eigenvalue weighted by atomic mass is 10.2. The van der Waals surface area contributed by atoms with E-state index in [-0.39, 0.29) is 9.92 Å². The van der Waals surface area contributed by atoms with Gasteiger partial charge in [0.15, 0.2) is 5.82 Å². The number of halogens is 2. The van der Waals surface area contributed by atoms with E-state index in [1.807, 2.05) is 30.3 Å². The van der Waals surface area contributed by atoms with Crippen LogP contribution in [0.1, 0.15) is 5.82 Å². The molecule has 2 aromatic carbocycles. The zero-order valence-corrected chi connectivity index (χ0v) is 16.9. The molecule has 1 aliphatic heterocycles. The third kappa shape index (κ3) is 4.32. The Morgan fingerprint density at radius 3 is 2.48 bits per heavy atom. The highest BCUT2D eigenvalue weighted by molar-refractivity contribution is 7.89. The van der Waals surface area contributed by atoms with Gasteiger partial charge in [-0.25, -0.2) is 12.8 Å². The molecule has 0 amide bonds. The van der Waals surface area contributed by atoms with Crippen LogP contribution in [0.4, 0.5) is 4.39 Å². The fourth-order valence-corrected chi connectivity index (χ4v) is 4.82. The Balaban J connectivity index is 1.38. The number of aromatic nitrogens is 2. The number of piperazine rings is 1. The van der Waals surface area contributed by atoms with Gasteiger partial charge in [0.1, 0.15) is 5.82 Å². The maximum absolute atomic E-state index is 13.3. The second-order valence-corrected chi connectivity index (χ2v) is 8.98. The maximum Gasteiger partial charge on any atom is 0.257 e. The molecular weight excluding hydrogens is 419 g/mol. The average Bonchev–Trinajstić information content (AvgIpc) is 3.19. The largest absolute Gasteiger partial charge is 0.334 e. The number of hydrogen-bond donors (Lipinski definition) is 0. The molecular formula is C19H18ClFN4O3S. The van der Waals surface area contributed by atoms with Crippen LogP contribution in [0.3, 0.4) is 0 Å². The van der Waals surface area contributed by atoms with Gasteiger partial charge in [-0.15, -0.1) is 0 Å². The second kappa shape index (κ2) is 8.19. The standard InChI is InChI=1S/C19H18ClFN4O3S/c20-16-12-15(6-7-17(16)21)29(26,27)25-10-8-24(9-11-25)13-18-22-19(28-23-18)14-4-2-1-3-5-14/h1-7,12H,8-11,13H2. The Hall–Kier alpha value is -2.33. The van der Waals surface area contributed by atoms with Gasteiger partial charge in [-0.2, -0.15) is 9.29 Å². The fraction of sp³-hybridized carbons (Fsp3) is 0.263. The van der Waals surface area contributed by atoms with Gasteiger partial charge in [-0.05, 0) is 30.3 Å². The Kier molecular flexibility index (Phi) is 5.64. The third-order valence-corrected chi connectivity index (χ3v) is 6.90. The van der Waals surface area contributed by atoms with E-state index in [1.54, 1.807) is 0 Å². The molecule has 7 nitrogen and oxygen atoms in total. The van der Waals surface area contributed by atoms with Crippen LogP contribution in [-0.4, -0.2) is 53.9 Å². The SMILES string of the molecule is O=S(=O)(c1ccc(F)c(Cl)c1)N1CCN(Cc2noc(-c3ccccc3)n2)CC1. The van der Waals surface area contributed by atoms with Crippen LogP contribution in [0.25, 0.3) is 11.5 Å². The second-order valence-electron chi connectivity index (χ2n) is 6.64. The van der Waals surface area contributed by atoms with Crippen LogP contribution >= 0.6 is 11.6 Å². The van der Waals surface area contributed by atoms with Crippen molar-refractivity contribution in [3.63, 3.8) is 0 Å². The molecule has 0 radical (unpaired) electrons. The molecule has 10 heteroatoms. The molecule has 1 aliphatic rings. The minimum Gasteiger partial charge on any atom is -0.334 e. The van der Waals surface area contributed by atoms with Crippen molar-refractivity contribution in [1.82, 2.24) is 19.3 Å². The van der Waals surface area contributed by atoms with Crippen LogP contribution in [-0.2, 0) is 16.6 Å². The summed E-state index contributed by atoms with van der Waals surface area (Å²) in [4.78, 5) is 6.45. The molecule has 2 heterocycles. The van der Waals surface area contributed by atoms with Gasteiger partial charge in [0.25, 0.3) is 5.89 Å². The van der Waals surface area contributed by atoms with Crippen LogP contribution in [0.15, 0.2) is 57.9 Å². The first kappa shape index (κ1) is 20.0. The molecule has 1 saturated heterocycles. The summed E-state index contributed by atoms with van der Waals surface area (Å²) in [6, 6.07) is 12.9. The van der Waals surface area contributed by atoms with Gasteiger partial charge in [0, 0.05) is 31.7 Å². The van der Waals surface area contributed by atoms with E-state index in [1.165, 1.54) is 10.4 Å². The summed E-state index contributed by atoms with van der Waals surface area (Å²) in [7, 11) is -3.72. The zero-order valence-electron chi connectivity index (χ0n) is 15.3. The third-order valence-electron chi connectivity index (χ3n) is 4.71. The maximum atomic E-state index is 13.3. The fourth-order valence-electron chi connectivity index (χ4n) is 3.13. The van der Waals surface area contributed by atoms with Gasteiger partial charge in [0.05, 0.1) is 16.5 Å². The van der Waals surface area contributed by atoms with Crippen LogP contribution in [0, 0.1) is 5.82 Å². The summed E-state index contributed by atoms with van der Waals surface area (Å²) in [5.74, 6) is 0.353. The van der Waals surface area contributed by atoms with Crippen molar-refractivity contribution in [2.75, 3.05) is 26.2 Å². The van der Waals surface area contributed by atoms with Gasteiger partial charge in [0.2, 0.25) is 10.0 Å². The van der Waals surface area contributed by atoms with E-state index in [9.17, 15) is 12.8 Å². The Morgan fingerprint density at radius 1 is 1.07 bits per heavy atom. The predicted molar refractivity (Wildman–Crippen MR) is 105 cm³/mol. The number of sulfonamides is 1. The lowest BCUT2D eigenvalue weighted by Crippen LogP contribution is -2.48. The topological polar surface area (TPSA) is 79.5 Å². The number of benzene rings is 2. The van der Waals surface area contributed by atoms with E-state index in [4.69, 9.17) is 16.1 Å². The van der Waals surface area contributed by atoms with Crippen molar-refractivity contribution >= 4 is 21.6 Å². The molecule has 3 aromatic rings. The Bertz CT molecular complexity index is 1100. The Labute approximate surface area is 172 Å².